The molecule has 0 aliphatic rings. The van der Waals surface area contributed by atoms with Crippen LogP contribution in [0.15, 0.2) is 36.7 Å². The van der Waals surface area contributed by atoms with Crippen molar-refractivity contribution in [3.05, 3.63) is 47.2 Å². The molecule has 0 radical (unpaired) electrons. The fraction of sp³-hybridized carbons (Fsp3) is 0. The largest absolute Gasteiger partial charge is 0.454 e. The first kappa shape index (κ1) is 9.79. The van der Waals surface area contributed by atoms with Crippen molar-refractivity contribution in [1.82, 2.24) is 9.97 Å². The zero-order valence-corrected chi connectivity index (χ0v) is 8.42. The summed E-state index contributed by atoms with van der Waals surface area (Å²) in [6.07, 6.45) is 3.10. The van der Waals surface area contributed by atoms with Crippen LogP contribution in [0.25, 0.3) is 0 Å². The van der Waals surface area contributed by atoms with E-state index in [1.165, 1.54) is 30.5 Å². The predicted octanol–water partition coefficient (Wildman–Crippen LogP) is 3.07. The number of aromatic nitrogens is 2. The Morgan fingerprint density at radius 2 is 1.93 bits per heavy atom. The third-order valence-electron chi connectivity index (χ3n) is 1.70. The van der Waals surface area contributed by atoms with E-state index in [4.69, 9.17) is 17.0 Å². The summed E-state index contributed by atoms with van der Waals surface area (Å²) in [5, 5.41) is 0. The summed E-state index contributed by atoms with van der Waals surface area (Å²) in [4.78, 5) is 6.59. The van der Waals surface area contributed by atoms with Gasteiger partial charge in [-0.15, -0.1) is 0 Å². The molecule has 0 saturated carbocycles. The number of nitrogens with one attached hydrogen (secondary N) is 1. The van der Waals surface area contributed by atoms with Gasteiger partial charge in [0.25, 0.3) is 0 Å². The topological polar surface area (TPSA) is 37.9 Å². The van der Waals surface area contributed by atoms with Gasteiger partial charge in [0.05, 0.1) is 6.20 Å². The Morgan fingerprint density at radius 1 is 1.20 bits per heavy atom. The quantitative estimate of drug-likeness (QED) is 0.793. The predicted molar refractivity (Wildman–Crippen MR) is 55.9 cm³/mol. The molecular formula is C10H7FN2OS. The van der Waals surface area contributed by atoms with E-state index >= 15 is 0 Å². The lowest BCUT2D eigenvalue weighted by molar-refractivity contribution is 0.475. The molecule has 1 N–H and O–H groups in total. The molecule has 1 aromatic carbocycles. The van der Waals surface area contributed by atoms with Crippen molar-refractivity contribution in [1.29, 1.82) is 0 Å². The molecule has 0 spiro atoms. The Balaban J connectivity index is 2.18. The van der Waals surface area contributed by atoms with Gasteiger partial charge in [0.1, 0.15) is 11.6 Å². The van der Waals surface area contributed by atoms with Crippen LogP contribution >= 0.6 is 12.2 Å². The summed E-state index contributed by atoms with van der Waals surface area (Å²) in [6.45, 7) is 0. The first-order valence-electron chi connectivity index (χ1n) is 4.22. The molecule has 0 amide bonds. The van der Waals surface area contributed by atoms with E-state index in [1.807, 2.05) is 0 Å². The minimum absolute atomic E-state index is 0.298. The van der Waals surface area contributed by atoms with E-state index < -0.39 is 0 Å². The molecule has 1 heterocycles. The van der Waals surface area contributed by atoms with Crippen LogP contribution in [-0.2, 0) is 0 Å². The van der Waals surface area contributed by atoms with Crippen molar-refractivity contribution in [2.75, 3.05) is 0 Å². The van der Waals surface area contributed by atoms with E-state index in [0.717, 1.165) is 0 Å². The summed E-state index contributed by atoms with van der Waals surface area (Å²) >= 11 is 4.78. The number of hydrogen-bond donors (Lipinski definition) is 1. The maximum Gasteiger partial charge on any atom is 0.196 e. The molecule has 0 fully saturated rings. The van der Waals surface area contributed by atoms with Gasteiger partial charge < -0.3 is 9.72 Å². The Hall–Kier alpha value is -1.75. The first-order valence-corrected chi connectivity index (χ1v) is 4.63. The Kier molecular flexibility index (Phi) is 2.73. The Morgan fingerprint density at radius 3 is 2.53 bits per heavy atom. The molecule has 3 nitrogen and oxygen atoms in total. The molecule has 0 unspecified atom stereocenters. The minimum atomic E-state index is -0.298. The lowest BCUT2D eigenvalue weighted by atomic mass is 10.3. The number of H-pyrrole nitrogens is 1. The third-order valence-corrected chi connectivity index (χ3v) is 1.92. The number of hydrogen-bond acceptors (Lipinski definition) is 3. The molecule has 1 aromatic heterocycles. The summed E-state index contributed by atoms with van der Waals surface area (Å²) in [6, 6.07) is 5.73. The molecule has 2 rings (SSSR count). The minimum Gasteiger partial charge on any atom is -0.454 e. The summed E-state index contributed by atoms with van der Waals surface area (Å²) < 4.78 is 18.4. The second-order valence-corrected chi connectivity index (χ2v) is 3.20. The number of benzene rings is 1. The van der Waals surface area contributed by atoms with E-state index in [2.05, 4.69) is 9.97 Å². The molecule has 0 atom stereocenters. The number of aromatic amines is 1. The van der Waals surface area contributed by atoms with Crippen LogP contribution in [0.5, 0.6) is 11.5 Å². The van der Waals surface area contributed by atoms with E-state index in [0.29, 0.717) is 16.3 Å². The van der Waals surface area contributed by atoms with Crippen molar-refractivity contribution in [3.8, 4) is 11.5 Å². The maximum atomic E-state index is 12.6. The second kappa shape index (κ2) is 4.18. The second-order valence-electron chi connectivity index (χ2n) is 2.81. The summed E-state index contributed by atoms with van der Waals surface area (Å²) in [7, 11) is 0. The fourth-order valence-electron chi connectivity index (χ4n) is 1.02. The van der Waals surface area contributed by atoms with Crippen molar-refractivity contribution >= 4 is 12.2 Å². The number of ether oxygens (including phenoxy) is 1. The zero-order valence-electron chi connectivity index (χ0n) is 7.61. The van der Waals surface area contributed by atoms with Crippen LogP contribution in [0.2, 0.25) is 0 Å². The average Bonchev–Trinajstić information content (AvgIpc) is 2.25. The molecular weight excluding hydrogens is 215 g/mol. The highest BCUT2D eigenvalue weighted by molar-refractivity contribution is 7.71. The van der Waals surface area contributed by atoms with Gasteiger partial charge in [0, 0.05) is 6.20 Å². The molecule has 15 heavy (non-hydrogen) atoms. The monoisotopic (exact) mass is 222 g/mol. The van der Waals surface area contributed by atoms with Crippen molar-refractivity contribution < 1.29 is 9.13 Å². The SMILES string of the molecule is Fc1ccc(Oc2cnc(=S)[nH]c2)cc1. The number of nitrogens with zero attached hydrogens (tertiary/aromatic N) is 1. The molecule has 0 aliphatic carbocycles. The maximum absolute atomic E-state index is 12.6. The summed E-state index contributed by atoms with van der Waals surface area (Å²) in [5.74, 6) is 0.770. The molecule has 76 valence electrons. The zero-order chi connectivity index (χ0) is 10.7. The van der Waals surface area contributed by atoms with Gasteiger partial charge in [-0.2, -0.15) is 0 Å². The molecule has 0 saturated heterocycles. The highest BCUT2D eigenvalue weighted by Gasteiger charge is 1.97. The average molecular weight is 222 g/mol. The fourth-order valence-corrected chi connectivity index (χ4v) is 1.14. The Labute approximate surface area is 90.6 Å². The van der Waals surface area contributed by atoms with Gasteiger partial charge in [-0.25, -0.2) is 9.37 Å². The van der Waals surface area contributed by atoms with Crippen molar-refractivity contribution in [2.24, 2.45) is 0 Å². The highest BCUT2D eigenvalue weighted by atomic mass is 32.1. The molecule has 2 aromatic rings. The summed E-state index contributed by atoms with van der Waals surface area (Å²) in [5.41, 5.74) is 0. The van der Waals surface area contributed by atoms with Crippen molar-refractivity contribution in [2.45, 2.75) is 0 Å². The molecule has 0 bridgehead atoms. The molecule has 0 aliphatic heterocycles. The first-order chi connectivity index (χ1) is 7.24. The van der Waals surface area contributed by atoms with Gasteiger partial charge in [-0.1, -0.05) is 0 Å². The number of halogens is 1. The van der Waals surface area contributed by atoms with Gasteiger partial charge >= 0.3 is 0 Å². The Bertz CT molecular complexity index is 489. The van der Waals surface area contributed by atoms with Crippen LogP contribution in [0.1, 0.15) is 0 Å². The molecule has 5 heteroatoms. The highest BCUT2D eigenvalue weighted by Crippen LogP contribution is 2.19. The van der Waals surface area contributed by atoms with Gasteiger partial charge in [-0.05, 0) is 36.5 Å². The third kappa shape index (κ3) is 2.60. The van der Waals surface area contributed by atoms with Crippen molar-refractivity contribution in [3.63, 3.8) is 0 Å². The normalized spacial score (nSPS) is 9.93. The standard InChI is InChI=1S/C10H7FN2OS/c11-7-1-3-8(4-2-7)14-9-5-12-10(15)13-6-9/h1-6H,(H,12,13,15). The van der Waals surface area contributed by atoms with Crippen LogP contribution in [0.4, 0.5) is 4.39 Å². The van der Waals surface area contributed by atoms with Gasteiger partial charge in [0.2, 0.25) is 0 Å². The van der Waals surface area contributed by atoms with E-state index in [1.54, 1.807) is 6.20 Å². The lowest BCUT2D eigenvalue weighted by Crippen LogP contribution is -1.87. The van der Waals surface area contributed by atoms with Crippen LogP contribution in [-0.4, -0.2) is 9.97 Å². The smallest absolute Gasteiger partial charge is 0.196 e. The van der Waals surface area contributed by atoms with Crippen LogP contribution in [0, 0.1) is 10.6 Å². The van der Waals surface area contributed by atoms with Crippen LogP contribution in [0.3, 0.4) is 0 Å². The van der Waals surface area contributed by atoms with E-state index in [-0.39, 0.29) is 5.82 Å². The lowest BCUT2D eigenvalue weighted by Gasteiger charge is -2.03. The van der Waals surface area contributed by atoms with Gasteiger partial charge in [-0.3, -0.25) is 0 Å². The van der Waals surface area contributed by atoms with Gasteiger partial charge in [0.15, 0.2) is 10.5 Å². The number of rotatable bonds is 2. The van der Waals surface area contributed by atoms with Crippen LogP contribution < -0.4 is 4.74 Å². The van der Waals surface area contributed by atoms with E-state index in [9.17, 15) is 4.39 Å².